The van der Waals surface area contributed by atoms with E-state index in [0.717, 1.165) is 18.6 Å². The number of hydrogen-bond donors (Lipinski definition) is 1. The van der Waals surface area contributed by atoms with Crippen molar-refractivity contribution in [1.82, 2.24) is 4.72 Å². The molecular weight excluding hydrogens is 272 g/mol. The highest BCUT2D eigenvalue weighted by atomic mass is 32.2. The van der Waals surface area contributed by atoms with E-state index < -0.39 is 31.1 Å². The van der Waals surface area contributed by atoms with E-state index in [0.29, 0.717) is 19.1 Å². The quantitative estimate of drug-likeness (QED) is 0.493. The summed E-state index contributed by atoms with van der Waals surface area (Å²) in [7, 11) is -4.09. The van der Waals surface area contributed by atoms with Gasteiger partial charge in [-0.25, -0.2) is 8.42 Å². The third kappa shape index (κ3) is 2.49. The zero-order valence-corrected chi connectivity index (χ0v) is 10.7. The molecule has 0 heterocycles. The number of sulfonamides is 1. The van der Waals surface area contributed by atoms with E-state index >= 15 is 0 Å². The summed E-state index contributed by atoms with van der Waals surface area (Å²) in [6.07, 6.45) is 2.13. The van der Waals surface area contributed by atoms with Gasteiger partial charge in [-0.1, -0.05) is 12.1 Å². The highest BCUT2D eigenvalue weighted by Crippen LogP contribution is 2.32. The predicted octanol–water partition coefficient (Wildman–Crippen LogP) is 0.995. The summed E-state index contributed by atoms with van der Waals surface area (Å²) in [5.74, 6) is 0. The van der Waals surface area contributed by atoms with Gasteiger partial charge in [-0.2, -0.15) is 4.72 Å². The Hall–Kier alpha value is -1.80. The Labute approximate surface area is 109 Å². The second kappa shape index (κ2) is 4.71. The number of nitro groups is 1. The topological polar surface area (TPSA) is 106 Å². The molecule has 8 heteroatoms. The monoisotopic (exact) mass is 284 g/mol. The third-order valence-corrected chi connectivity index (χ3v) is 4.76. The van der Waals surface area contributed by atoms with Gasteiger partial charge in [-0.05, 0) is 25.3 Å². The number of aldehydes is 1. The van der Waals surface area contributed by atoms with Gasteiger partial charge in [0.25, 0.3) is 5.69 Å². The molecule has 0 radical (unpaired) electrons. The molecule has 2 rings (SSSR count). The number of benzene rings is 1. The summed E-state index contributed by atoms with van der Waals surface area (Å²) in [5, 5.41) is 10.8. The lowest BCUT2D eigenvalue weighted by Crippen LogP contribution is -2.54. The van der Waals surface area contributed by atoms with E-state index in [-0.39, 0.29) is 0 Å². The van der Waals surface area contributed by atoms with Crippen molar-refractivity contribution in [2.24, 2.45) is 0 Å². The first-order valence-electron chi connectivity index (χ1n) is 5.64. The molecule has 102 valence electrons. The molecule has 0 unspecified atom stereocenters. The number of para-hydroxylation sites is 1. The van der Waals surface area contributed by atoms with Crippen LogP contribution in [0.2, 0.25) is 0 Å². The number of rotatable bonds is 5. The third-order valence-electron chi connectivity index (χ3n) is 3.16. The number of carbonyl (C=O) groups is 1. The fourth-order valence-corrected chi connectivity index (χ4v) is 3.53. The van der Waals surface area contributed by atoms with Gasteiger partial charge in [0.1, 0.15) is 6.29 Å². The zero-order chi connectivity index (χ0) is 14.1. The van der Waals surface area contributed by atoms with Crippen LogP contribution in [-0.4, -0.2) is 25.2 Å². The van der Waals surface area contributed by atoms with Gasteiger partial charge < -0.3 is 4.79 Å². The molecule has 1 saturated carbocycles. The Balaban J connectivity index is 2.40. The smallest absolute Gasteiger partial charge is 0.289 e. The fourth-order valence-electron chi connectivity index (χ4n) is 1.96. The van der Waals surface area contributed by atoms with Crippen LogP contribution < -0.4 is 4.72 Å². The summed E-state index contributed by atoms with van der Waals surface area (Å²) in [6, 6.07) is 5.05. The van der Waals surface area contributed by atoms with Crippen LogP contribution in [0.3, 0.4) is 0 Å². The summed E-state index contributed by atoms with van der Waals surface area (Å²) >= 11 is 0. The molecule has 0 saturated heterocycles. The number of nitro benzene ring substituents is 1. The van der Waals surface area contributed by atoms with Crippen molar-refractivity contribution in [3.8, 4) is 0 Å². The molecule has 0 aliphatic heterocycles. The van der Waals surface area contributed by atoms with E-state index in [1.165, 1.54) is 12.1 Å². The van der Waals surface area contributed by atoms with Crippen LogP contribution in [0.4, 0.5) is 5.69 Å². The molecular formula is C11H12N2O5S. The molecule has 1 aliphatic carbocycles. The van der Waals surface area contributed by atoms with Crippen molar-refractivity contribution < 1.29 is 18.1 Å². The summed E-state index contributed by atoms with van der Waals surface area (Å²) in [6.45, 7) is 0. The molecule has 0 atom stereocenters. The summed E-state index contributed by atoms with van der Waals surface area (Å²) in [5.41, 5.74) is -1.61. The molecule has 0 bridgehead atoms. The lowest BCUT2D eigenvalue weighted by Gasteiger charge is -2.36. The highest BCUT2D eigenvalue weighted by Gasteiger charge is 2.42. The van der Waals surface area contributed by atoms with Crippen LogP contribution in [0.15, 0.2) is 29.2 Å². The number of carbonyl (C=O) groups excluding carboxylic acids is 1. The van der Waals surface area contributed by atoms with Crippen LogP contribution in [0.5, 0.6) is 0 Å². The van der Waals surface area contributed by atoms with Crippen molar-refractivity contribution in [3.05, 3.63) is 34.4 Å². The number of nitrogens with one attached hydrogen (secondary N) is 1. The van der Waals surface area contributed by atoms with Gasteiger partial charge >= 0.3 is 0 Å². The SMILES string of the molecule is O=CC1(NS(=O)(=O)c2ccccc2[N+](=O)[O-])CCC1. The van der Waals surface area contributed by atoms with Crippen molar-refractivity contribution in [2.45, 2.75) is 29.7 Å². The van der Waals surface area contributed by atoms with Crippen LogP contribution in [0.1, 0.15) is 19.3 Å². The lowest BCUT2D eigenvalue weighted by molar-refractivity contribution is -0.387. The first-order chi connectivity index (χ1) is 8.90. The van der Waals surface area contributed by atoms with Crippen molar-refractivity contribution in [1.29, 1.82) is 0 Å². The van der Waals surface area contributed by atoms with E-state index in [9.17, 15) is 23.3 Å². The van der Waals surface area contributed by atoms with Gasteiger partial charge in [-0.3, -0.25) is 10.1 Å². The summed E-state index contributed by atoms with van der Waals surface area (Å²) < 4.78 is 26.6. The standard InChI is InChI=1S/C11H12N2O5S/c14-8-11(6-3-7-11)12-19(17,18)10-5-2-1-4-9(10)13(15)16/h1-2,4-5,8,12H,3,6-7H2. The van der Waals surface area contributed by atoms with E-state index in [1.54, 1.807) is 0 Å². The maximum atomic E-state index is 12.2. The van der Waals surface area contributed by atoms with Crippen LogP contribution in [-0.2, 0) is 14.8 Å². The van der Waals surface area contributed by atoms with E-state index in [1.807, 2.05) is 0 Å². The molecule has 1 aliphatic rings. The minimum absolute atomic E-state index is 0.413. The fraction of sp³-hybridized carbons (Fsp3) is 0.364. The first-order valence-corrected chi connectivity index (χ1v) is 7.12. The van der Waals surface area contributed by atoms with Gasteiger partial charge in [0.2, 0.25) is 10.0 Å². The van der Waals surface area contributed by atoms with Crippen molar-refractivity contribution in [3.63, 3.8) is 0 Å². The number of nitrogens with zero attached hydrogens (tertiary/aromatic N) is 1. The van der Waals surface area contributed by atoms with Crippen molar-refractivity contribution >= 4 is 22.0 Å². The van der Waals surface area contributed by atoms with E-state index in [2.05, 4.69) is 4.72 Å². The second-order valence-corrected chi connectivity index (χ2v) is 6.11. The molecule has 0 amide bonds. The Morgan fingerprint density at radius 1 is 1.32 bits per heavy atom. The van der Waals surface area contributed by atoms with Crippen LogP contribution in [0, 0.1) is 10.1 Å². The van der Waals surface area contributed by atoms with Crippen LogP contribution >= 0.6 is 0 Å². The average molecular weight is 284 g/mol. The van der Waals surface area contributed by atoms with Gasteiger partial charge in [0.15, 0.2) is 4.90 Å². The average Bonchev–Trinajstić information content (AvgIpc) is 2.34. The second-order valence-electron chi connectivity index (χ2n) is 4.46. The number of hydrogen-bond acceptors (Lipinski definition) is 5. The molecule has 0 spiro atoms. The largest absolute Gasteiger partial charge is 0.301 e. The summed E-state index contributed by atoms with van der Waals surface area (Å²) in [4.78, 5) is 20.6. The Morgan fingerprint density at radius 3 is 2.42 bits per heavy atom. The Kier molecular flexibility index (Phi) is 3.38. The maximum Gasteiger partial charge on any atom is 0.289 e. The lowest BCUT2D eigenvalue weighted by atomic mass is 9.79. The minimum Gasteiger partial charge on any atom is -0.301 e. The zero-order valence-electron chi connectivity index (χ0n) is 9.90. The molecule has 0 aromatic heterocycles. The first kappa shape index (κ1) is 13.6. The molecule has 19 heavy (non-hydrogen) atoms. The highest BCUT2D eigenvalue weighted by molar-refractivity contribution is 7.89. The molecule has 1 aromatic carbocycles. The normalized spacial score (nSPS) is 17.5. The van der Waals surface area contributed by atoms with Crippen LogP contribution in [0.25, 0.3) is 0 Å². The predicted molar refractivity (Wildman–Crippen MR) is 66.1 cm³/mol. The van der Waals surface area contributed by atoms with E-state index in [4.69, 9.17) is 0 Å². The molecule has 1 aromatic rings. The molecule has 1 fully saturated rings. The maximum absolute atomic E-state index is 12.2. The van der Waals surface area contributed by atoms with Gasteiger partial charge in [0, 0.05) is 6.07 Å². The minimum atomic E-state index is -4.09. The molecule has 1 N–H and O–H groups in total. The Morgan fingerprint density at radius 2 is 1.95 bits per heavy atom. The Bertz CT molecular complexity index is 622. The van der Waals surface area contributed by atoms with Gasteiger partial charge in [0.05, 0.1) is 10.5 Å². The van der Waals surface area contributed by atoms with Gasteiger partial charge in [-0.15, -0.1) is 0 Å². The van der Waals surface area contributed by atoms with Crippen molar-refractivity contribution in [2.75, 3.05) is 0 Å². The molecule has 7 nitrogen and oxygen atoms in total.